The summed E-state index contributed by atoms with van der Waals surface area (Å²) >= 11 is 0. The average Bonchev–Trinajstić information content (AvgIpc) is 2.26. The quantitative estimate of drug-likeness (QED) is 0.739. The minimum Gasteiger partial charge on any atom is -0.466 e. The van der Waals surface area contributed by atoms with Crippen LogP contribution >= 0.6 is 0 Å². The van der Waals surface area contributed by atoms with E-state index in [-0.39, 0.29) is 29.6 Å². The highest BCUT2D eigenvalue weighted by Gasteiger charge is 2.34. The van der Waals surface area contributed by atoms with Gasteiger partial charge in [-0.15, -0.1) is 0 Å². The molecule has 0 unspecified atom stereocenters. The molecule has 0 amide bonds. The number of hydrogen-bond donors (Lipinski definition) is 0. The van der Waals surface area contributed by atoms with Crippen molar-refractivity contribution in [2.75, 3.05) is 25.4 Å². The van der Waals surface area contributed by atoms with Crippen molar-refractivity contribution in [2.45, 2.75) is 40.5 Å². The monoisotopic (exact) mass is 291 g/mol. The lowest BCUT2D eigenvalue weighted by molar-refractivity contribution is -0.149. The highest BCUT2D eigenvalue weighted by atomic mass is 32.2. The van der Waals surface area contributed by atoms with Gasteiger partial charge >= 0.3 is 5.97 Å². The minimum absolute atomic E-state index is 0.107. The maximum atomic E-state index is 12.3. The van der Waals surface area contributed by atoms with Crippen LogP contribution in [-0.4, -0.2) is 44.1 Å². The topological polar surface area (TPSA) is 63.7 Å². The number of sulfonamides is 1. The molecule has 0 aromatic carbocycles. The van der Waals surface area contributed by atoms with Crippen molar-refractivity contribution in [3.63, 3.8) is 0 Å². The number of nitrogens with zero attached hydrogens (tertiary/aromatic N) is 1. The van der Waals surface area contributed by atoms with Crippen molar-refractivity contribution in [1.82, 2.24) is 4.31 Å². The third-order valence-electron chi connectivity index (χ3n) is 3.01. The Balaban J connectivity index is 2.71. The van der Waals surface area contributed by atoms with Crippen LogP contribution in [0, 0.1) is 11.3 Å². The van der Waals surface area contributed by atoms with Crippen LogP contribution in [0.1, 0.15) is 40.5 Å². The summed E-state index contributed by atoms with van der Waals surface area (Å²) in [6.45, 7) is 8.57. The van der Waals surface area contributed by atoms with E-state index in [2.05, 4.69) is 0 Å². The van der Waals surface area contributed by atoms with Crippen molar-refractivity contribution < 1.29 is 17.9 Å². The molecule has 0 bridgehead atoms. The van der Waals surface area contributed by atoms with E-state index >= 15 is 0 Å². The minimum atomic E-state index is -3.30. The fourth-order valence-corrected chi connectivity index (χ4v) is 4.38. The van der Waals surface area contributed by atoms with Gasteiger partial charge in [0.1, 0.15) is 0 Å². The molecule has 1 rings (SSSR count). The molecule has 0 aromatic heterocycles. The highest BCUT2D eigenvalue weighted by Crippen LogP contribution is 2.24. The second-order valence-electron chi connectivity index (χ2n) is 6.27. The van der Waals surface area contributed by atoms with Gasteiger partial charge in [-0.25, -0.2) is 12.7 Å². The van der Waals surface area contributed by atoms with Gasteiger partial charge in [-0.2, -0.15) is 0 Å². The number of hydrogen-bond acceptors (Lipinski definition) is 4. The lowest BCUT2D eigenvalue weighted by Gasteiger charge is -2.32. The summed E-state index contributed by atoms with van der Waals surface area (Å²) in [5, 5.41) is 0. The number of carbonyl (C=O) groups is 1. The summed E-state index contributed by atoms with van der Waals surface area (Å²) in [5.74, 6) is -0.489. The van der Waals surface area contributed by atoms with Crippen LogP contribution in [0.15, 0.2) is 0 Å². The SMILES string of the molecule is CCOC(=O)[C@H]1CCCN(S(=O)(=O)CC(C)(C)C)C1. The van der Waals surface area contributed by atoms with Gasteiger partial charge in [-0.3, -0.25) is 4.79 Å². The molecule has 0 radical (unpaired) electrons. The Labute approximate surface area is 116 Å². The normalized spacial score (nSPS) is 22.2. The fourth-order valence-electron chi connectivity index (χ4n) is 2.29. The molecule has 1 aliphatic rings. The van der Waals surface area contributed by atoms with E-state index in [4.69, 9.17) is 4.74 Å². The first-order valence-corrected chi connectivity index (χ1v) is 8.41. The third-order valence-corrected chi connectivity index (χ3v) is 5.36. The number of esters is 1. The predicted molar refractivity (Wildman–Crippen MR) is 74.2 cm³/mol. The smallest absolute Gasteiger partial charge is 0.310 e. The standard InChI is InChI=1S/C13H25NO4S/c1-5-18-12(15)11-7-6-8-14(9-11)19(16,17)10-13(2,3)4/h11H,5-10H2,1-4H3/t11-/m0/s1. The van der Waals surface area contributed by atoms with Crippen LogP contribution in [-0.2, 0) is 19.6 Å². The maximum Gasteiger partial charge on any atom is 0.310 e. The molecule has 1 heterocycles. The molecule has 0 spiro atoms. The lowest BCUT2D eigenvalue weighted by Crippen LogP contribution is -2.45. The highest BCUT2D eigenvalue weighted by molar-refractivity contribution is 7.89. The summed E-state index contributed by atoms with van der Waals surface area (Å²) in [5.41, 5.74) is -0.282. The van der Waals surface area contributed by atoms with Gasteiger partial charge in [-0.1, -0.05) is 20.8 Å². The van der Waals surface area contributed by atoms with Gasteiger partial charge in [0.2, 0.25) is 10.0 Å². The zero-order valence-corrected chi connectivity index (χ0v) is 13.1. The molecular formula is C13H25NO4S. The van der Waals surface area contributed by atoms with E-state index in [0.29, 0.717) is 26.0 Å². The second kappa shape index (κ2) is 6.22. The largest absolute Gasteiger partial charge is 0.466 e. The molecule has 6 heteroatoms. The molecule has 112 valence electrons. The van der Waals surface area contributed by atoms with Crippen LogP contribution in [0.25, 0.3) is 0 Å². The Hall–Kier alpha value is -0.620. The molecule has 19 heavy (non-hydrogen) atoms. The summed E-state index contributed by atoms with van der Waals surface area (Å²) < 4.78 is 31.0. The van der Waals surface area contributed by atoms with E-state index in [1.54, 1.807) is 6.92 Å². The molecule has 0 N–H and O–H groups in total. The first-order chi connectivity index (χ1) is 8.65. The first kappa shape index (κ1) is 16.4. The molecule has 5 nitrogen and oxygen atoms in total. The number of ether oxygens (including phenoxy) is 1. The van der Waals surface area contributed by atoms with E-state index in [9.17, 15) is 13.2 Å². The molecule has 0 aliphatic carbocycles. The van der Waals surface area contributed by atoms with Crippen LogP contribution in [0.3, 0.4) is 0 Å². The summed E-state index contributed by atoms with van der Waals surface area (Å²) in [4.78, 5) is 11.7. The van der Waals surface area contributed by atoms with Gasteiger partial charge in [0.25, 0.3) is 0 Å². The van der Waals surface area contributed by atoms with Crippen LogP contribution in [0.2, 0.25) is 0 Å². The molecule has 0 saturated carbocycles. The molecule has 1 aliphatic heterocycles. The zero-order valence-electron chi connectivity index (χ0n) is 12.3. The van der Waals surface area contributed by atoms with Gasteiger partial charge in [-0.05, 0) is 25.2 Å². The Morgan fingerprint density at radius 2 is 2.00 bits per heavy atom. The summed E-state index contributed by atoms with van der Waals surface area (Å²) in [6.07, 6.45) is 1.42. The number of piperidine rings is 1. The summed E-state index contributed by atoms with van der Waals surface area (Å²) in [6, 6.07) is 0. The third kappa shape index (κ3) is 5.10. The Morgan fingerprint density at radius 1 is 1.37 bits per heavy atom. The van der Waals surface area contributed by atoms with Crippen molar-refractivity contribution in [3.05, 3.63) is 0 Å². The van der Waals surface area contributed by atoms with Crippen molar-refractivity contribution in [3.8, 4) is 0 Å². The molecule has 1 atom stereocenters. The summed E-state index contributed by atoms with van der Waals surface area (Å²) in [7, 11) is -3.30. The predicted octanol–water partition coefficient (Wildman–Crippen LogP) is 1.64. The zero-order chi connectivity index (χ0) is 14.7. The Bertz CT molecular complexity index is 411. The second-order valence-corrected chi connectivity index (χ2v) is 8.24. The van der Waals surface area contributed by atoms with E-state index < -0.39 is 10.0 Å². The van der Waals surface area contributed by atoms with Gasteiger partial charge in [0.05, 0.1) is 18.3 Å². The lowest BCUT2D eigenvalue weighted by atomic mass is 10.00. The van der Waals surface area contributed by atoms with Crippen LogP contribution in [0.4, 0.5) is 0 Å². The average molecular weight is 291 g/mol. The molecule has 0 aromatic rings. The van der Waals surface area contributed by atoms with Gasteiger partial charge in [0.15, 0.2) is 0 Å². The molecule has 1 fully saturated rings. The van der Waals surface area contributed by atoms with E-state index in [0.717, 1.165) is 0 Å². The van der Waals surface area contributed by atoms with Gasteiger partial charge < -0.3 is 4.74 Å². The fraction of sp³-hybridized carbons (Fsp3) is 0.923. The molecular weight excluding hydrogens is 266 g/mol. The Kier molecular flexibility index (Phi) is 5.38. The van der Waals surface area contributed by atoms with Crippen LogP contribution < -0.4 is 0 Å². The van der Waals surface area contributed by atoms with E-state index in [1.165, 1.54) is 4.31 Å². The van der Waals surface area contributed by atoms with E-state index in [1.807, 2.05) is 20.8 Å². The maximum absolute atomic E-state index is 12.3. The molecule has 1 saturated heterocycles. The van der Waals surface area contributed by atoms with Crippen LogP contribution in [0.5, 0.6) is 0 Å². The number of carbonyl (C=O) groups excluding carboxylic acids is 1. The van der Waals surface area contributed by atoms with Gasteiger partial charge in [0, 0.05) is 13.1 Å². The Morgan fingerprint density at radius 3 is 2.53 bits per heavy atom. The first-order valence-electron chi connectivity index (χ1n) is 6.80. The van der Waals surface area contributed by atoms with Crippen molar-refractivity contribution in [1.29, 1.82) is 0 Å². The van der Waals surface area contributed by atoms with Crippen molar-refractivity contribution in [2.24, 2.45) is 11.3 Å². The number of rotatable bonds is 4. The van der Waals surface area contributed by atoms with Crippen molar-refractivity contribution >= 4 is 16.0 Å².